The molecule has 3 aliphatic heterocycles. The molecular formula is C29H30F2N4O4. The third-order valence-electron chi connectivity index (χ3n) is 8.05. The highest BCUT2D eigenvalue weighted by Gasteiger charge is 2.60. The number of nitrogens with zero attached hydrogens (tertiary/aromatic N) is 3. The molecule has 2 aromatic carbocycles. The maximum Gasteiger partial charge on any atom is 0.387 e. The second-order valence-corrected chi connectivity index (χ2v) is 10.6. The third-order valence-corrected chi connectivity index (χ3v) is 8.05. The summed E-state index contributed by atoms with van der Waals surface area (Å²) in [6, 6.07) is 10.2. The molecule has 1 aromatic heterocycles. The zero-order valence-electron chi connectivity index (χ0n) is 21.6. The highest BCUT2D eigenvalue weighted by molar-refractivity contribution is 6.08. The number of carbonyl (C=O) groups excluding carboxylic acids is 2. The summed E-state index contributed by atoms with van der Waals surface area (Å²) >= 11 is 0. The lowest BCUT2D eigenvalue weighted by Crippen LogP contribution is -2.53. The first-order chi connectivity index (χ1) is 18.8. The van der Waals surface area contributed by atoms with Gasteiger partial charge in [-0.05, 0) is 61.2 Å². The Bertz CT molecular complexity index is 1470. The van der Waals surface area contributed by atoms with Crippen LogP contribution >= 0.6 is 0 Å². The number of alkyl halides is 2. The zero-order chi connectivity index (χ0) is 27.3. The van der Waals surface area contributed by atoms with E-state index < -0.39 is 18.2 Å². The molecule has 3 aliphatic rings. The Balaban J connectivity index is 1.39. The SMILES string of the molecule is C[C@@]12Cc3c([nH]c4ccc(OC(F)F)cc34)[C@@H](c3cccc(O)c3)N1C(=O)N(CCCN1CC=CCC1)C2=O. The van der Waals surface area contributed by atoms with E-state index in [9.17, 15) is 23.5 Å². The fourth-order valence-corrected chi connectivity index (χ4v) is 6.25. The van der Waals surface area contributed by atoms with E-state index in [1.54, 1.807) is 48.2 Å². The summed E-state index contributed by atoms with van der Waals surface area (Å²) in [6.07, 6.45) is 6.16. The lowest BCUT2D eigenvalue weighted by atomic mass is 9.81. The summed E-state index contributed by atoms with van der Waals surface area (Å²) in [7, 11) is 0. The van der Waals surface area contributed by atoms with Crippen LogP contribution in [0.2, 0.25) is 0 Å². The smallest absolute Gasteiger partial charge is 0.387 e. The maximum atomic E-state index is 13.9. The van der Waals surface area contributed by atoms with Gasteiger partial charge >= 0.3 is 12.6 Å². The van der Waals surface area contributed by atoms with Crippen molar-refractivity contribution in [2.75, 3.05) is 26.2 Å². The highest BCUT2D eigenvalue weighted by Crippen LogP contribution is 2.49. The standard InChI is InChI=1S/C29H30F2N4O4/c1-29-17-22-21-16-20(39-27(30)31)9-10-23(21)32-24(22)25(18-7-5-8-19(36)15-18)35(29)28(38)34(26(29)37)14-6-13-33-11-3-2-4-12-33/h2-3,5,7-10,15-16,25,27,32,36H,4,6,11-14,17H2,1H3/t25-,29+/m1/s1. The molecule has 10 heteroatoms. The number of fused-ring (bicyclic) bond motifs is 4. The molecular weight excluding hydrogens is 506 g/mol. The van der Waals surface area contributed by atoms with Gasteiger partial charge in [0.1, 0.15) is 23.1 Å². The first kappa shape index (κ1) is 25.4. The molecule has 0 radical (unpaired) electrons. The normalized spacial score (nSPS) is 23.1. The predicted octanol–water partition coefficient (Wildman–Crippen LogP) is 4.80. The van der Waals surface area contributed by atoms with E-state index in [1.807, 2.05) is 0 Å². The molecule has 2 N–H and O–H groups in total. The number of nitrogens with one attached hydrogen (secondary N) is 1. The number of rotatable bonds is 7. The van der Waals surface area contributed by atoms with Crippen molar-refractivity contribution in [3.63, 3.8) is 0 Å². The van der Waals surface area contributed by atoms with E-state index in [-0.39, 0.29) is 29.9 Å². The van der Waals surface area contributed by atoms with Crippen LogP contribution in [0.4, 0.5) is 13.6 Å². The molecule has 39 heavy (non-hydrogen) atoms. The predicted molar refractivity (Wildman–Crippen MR) is 141 cm³/mol. The molecule has 0 unspecified atom stereocenters. The van der Waals surface area contributed by atoms with Gasteiger partial charge in [-0.2, -0.15) is 8.78 Å². The summed E-state index contributed by atoms with van der Waals surface area (Å²) in [5, 5.41) is 10.9. The number of aromatic hydroxyl groups is 1. The van der Waals surface area contributed by atoms with E-state index >= 15 is 0 Å². The van der Waals surface area contributed by atoms with Gasteiger partial charge in [0.05, 0.1) is 0 Å². The van der Waals surface area contributed by atoms with Crippen molar-refractivity contribution in [3.8, 4) is 11.5 Å². The van der Waals surface area contributed by atoms with Crippen LogP contribution in [-0.2, 0) is 11.2 Å². The van der Waals surface area contributed by atoms with Crippen molar-refractivity contribution >= 4 is 22.8 Å². The lowest BCUT2D eigenvalue weighted by molar-refractivity contribution is -0.133. The number of urea groups is 1. The molecule has 3 amide bonds. The van der Waals surface area contributed by atoms with Crippen molar-refractivity contribution in [1.29, 1.82) is 0 Å². The summed E-state index contributed by atoms with van der Waals surface area (Å²) < 4.78 is 30.5. The number of halogens is 2. The average molecular weight is 537 g/mol. The number of aromatic nitrogens is 1. The van der Waals surface area contributed by atoms with E-state index in [0.29, 0.717) is 35.1 Å². The topological polar surface area (TPSA) is 89.1 Å². The van der Waals surface area contributed by atoms with E-state index in [0.717, 1.165) is 31.6 Å². The van der Waals surface area contributed by atoms with E-state index in [4.69, 9.17) is 0 Å². The quantitative estimate of drug-likeness (QED) is 0.335. The molecule has 4 heterocycles. The van der Waals surface area contributed by atoms with Crippen LogP contribution in [0.1, 0.15) is 42.6 Å². The summed E-state index contributed by atoms with van der Waals surface area (Å²) in [6.45, 7) is 1.71. The Kier molecular flexibility index (Phi) is 6.29. The van der Waals surface area contributed by atoms with E-state index in [2.05, 4.69) is 26.8 Å². The molecule has 1 fully saturated rings. The zero-order valence-corrected chi connectivity index (χ0v) is 21.6. The molecule has 2 atom stereocenters. The summed E-state index contributed by atoms with van der Waals surface area (Å²) in [4.78, 5) is 36.5. The van der Waals surface area contributed by atoms with Gasteiger partial charge in [0.25, 0.3) is 5.91 Å². The minimum absolute atomic E-state index is 0.0174. The summed E-state index contributed by atoms with van der Waals surface area (Å²) in [5.74, 6) is -0.226. The van der Waals surface area contributed by atoms with Gasteiger partial charge in [-0.25, -0.2) is 4.79 Å². The Morgan fingerprint density at radius 3 is 2.74 bits per heavy atom. The molecule has 0 saturated carbocycles. The van der Waals surface area contributed by atoms with Crippen molar-refractivity contribution in [2.24, 2.45) is 0 Å². The number of aromatic amines is 1. The Morgan fingerprint density at radius 2 is 2.00 bits per heavy atom. The average Bonchev–Trinajstić information content (AvgIpc) is 3.35. The second kappa shape index (κ2) is 9.68. The van der Waals surface area contributed by atoms with Crippen molar-refractivity contribution in [1.82, 2.24) is 19.7 Å². The van der Waals surface area contributed by atoms with Crippen LogP contribution in [0.25, 0.3) is 10.9 Å². The number of amides is 3. The number of phenolic OH excluding ortho intramolecular Hbond substituents is 1. The molecule has 8 nitrogen and oxygen atoms in total. The van der Waals surface area contributed by atoms with E-state index in [1.165, 1.54) is 11.0 Å². The number of phenols is 1. The Hall–Kier alpha value is -3.92. The van der Waals surface area contributed by atoms with Crippen molar-refractivity contribution < 1.29 is 28.2 Å². The van der Waals surface area contributed by atoms with Crippen LogP contribution in [0.5, 0.6) is 11.5 Å². The van der Waals surface area contributed by atoms with Gasteiger partial charge in [0.15, 0.2) is 0 Å². The number of hydrogen-bond acceptors (Lipinski definition) is 5. The van der Waals surface area contributed by atoms with Crippen LogP contribution in [0, 0.1) is 0 Å². The molecule has 0 bridgehead atoms. The van der Waals surface area contributed by atoms with Crippen molar-refractivity contribution in [3.05, 3.63) is 71.4 Å². The van der Waals surface area contributed by atoms with Gasteiger partial charge in [-0.3, -0.25) is 19.5 Å². The number of ether oxygens (including phenoxy) is 1. The van der Waals surface area contributed by atoms with Crippen LogP contribution < -0.4 is 4.74 Å². The lowest BCUT2D eigenvalue weighted by Gasteiger charge is -2.42. The molecule has 1 saturated heterocycles. The summed E-state index contributed by atoms with van der Waals surface area (Å²) in [5.41, 5.74) is 1.58. The highest BCUT2D eigenvalue weighted by atomic mass is 19.3. The van der Waals surface area contributed by atoms with Gasteiger partial charge in [-0.1, -0.05) is 24.3 Å². The Morgan fingerprint density at radius 1 is 1.15 bits per heavy atom. The largest absolute Gasteiger partial charge is 0.508 e. The first-order valence-electron chi connectivity index (χ1n) is 13.2. The molecule has 0 aliphatic carbocycles. The molecule has 6 rings (SSSR count). The third kappa shape index (κ3) is 4.32. The molecule has 0 spiro atoms. The Labute approximate surface area is 224 Å². The van der Waals surface area contributed by atoms with Gasteiger partial charge in [-0.15, -0.1) is 0 Å². The fourth-order valence-electron chi connectivity index (χ4n) is 6.25. The van der Waals surface area contributed by atoms with Gasteiger partial charge in [0.2, 0.25) is 0 Å². The number of benzene rings is 2. The number of imide groups is 1. The number of H-pyrrole nitrogens is 1. The van der Waals surface area contributed by atoms with Crippen LogP contribution in [-0.4, -0.2) is 75.1 Å². The fraction of sp³-hybridized carbons (Fsp3) is 0.379. The number of carbonyl (C=O) groups is 2. The molecule has 204 valence electrons. The maximum absolute atomic E-state index is 13.9. The van der Waals surface area contributed by atoms with Crippen molar-refractivity contribution in [2.45, 2.75) is 44.4 Å². The number of hydrogen-bond donors (Lipinski definition) is 2. The van der Waals surface area contributed by atoms with Gasteiger partial charge in [0, 0.05) is 49.2 Å². The monoisotopic (exact) mass is 536 g/mol. The van der Waals surface area contributed by atoms with Crippen LogP contribution in [0.3, 0.4) is 0 Å². The van der Waals surface area contributed by atoms with Gasteiger partial charge < -0.3 is 14.8 Å². The first-order valence-corrected chi connectivity index (χ1v) is 13.2. The molecule has 3 aromatic rings. The minimum Gasteiger partial charge on any atom is -0.508 e. The minimum atomic E-state index is -2.96. The van der Waals surface area contributed by atoms with Crippen LogP contribution in [0.15, 0.2) is 54.6 Å². The second-order valence-electron chi connectivity index (χ2n) is 10.6.